The lowest BCUT2D eigenvalue weighted by molar-refractivity contribution is -0.149. The van der Waals surface area contributed by atoms with Crippen LogP contribution in [0.5, 0.6) is 0 Å². The van der Waals surface area contributed by atoms with E-state index in [9.17, 15) is 14.0 Å². The van der Waals surface area contributed by atoms with Crippen LogP contribution < -0.4 is 0 Å². The zero-order chi connectivity index (χ0) is 23.4. The molecule has 1 aliphatic rings. The van der Waals surface area contributed by atoms with Crippen LogP contribution in [0.15, 0.2) is 72.9 Å². The summed E-state index contributed by atoms with van der Waals surface area (Å²) in [7, 11) is 3.43. The normalized spacial score (nSPS) is 17.7. The number of likely N-dealkylation sites (tertiary alicyclic amines) is 1. The van der Waals surface area contributed by atoms with Crippen LogP contribution in [0.4, 0.5) is 4.39 Å². The van der Waals surface area contributed by atoms with E-state index in [4.69, 9.17) is 0 Å². The van der Waals surface area contributed by atoms with E-state index < -0.39 is 5.54 Å². The fourth-order valence-corrected chi connectivity index (χ4v) is 4.83. The highest BCUT2D eigenvalue weighted by Gasteiger charge is 2.50. The van der Waals surface area contributed by atoms with Gasteiger partial charge in [-0.15, -0.1) is 0 Å². The number of aromatic nitrogens is 1. The maximum Gasteiger partial charge on any atom is 0.248 e. The maximum atomic E-state index is 14.7. The Morgan fingerprint density at radius 3 is 2.39 bits per heavy atom. The number of likely N-dealkylation sites (N-methyl/N-ethyl adjacent to an activating group) is 1. The van der Waals surface area contributed by atoms with Crippen molar-refractivity contribution in [3.8, 4) is 11.1 Å². The number of hydrogen-bond donors (Lipinski definition) is 0. The number of carbonyl (C=O) groups excluding carboxylic acids is 2. The lowest BCUT2D eigenvalue weighted by Gasteiger charge is -2.39. The quantitative estimate of drug-likeness (QED) is 0.574. The number of benzene rings is 2. The maximum absolute atomic E-state index is 14.7. The molecule has 1 atom stereocenters. The largest absolute Gasteiger partial charge is 0.347 e. The number of amides is 2. The second-order valence-corrected chi connectivity index (χ2v) is 8.69. The minimum atomic E-state index is -1.02. The molecular formula is C27H28FN3O2. The van der Waals surface area contributed by atoms with Gasteiger partial charge < -0.3 is 9.80 Å². The fourth-order valence-electron chi connectivity index (χ4n) is 4.83. The standard InChI is InChI=1S/C27H28FN3O2/c1-30(2)26(33)27(15-9-17-31(27)25(32)18-21-11-7-8-16-29-21)19-20-10-3-4-12-22(20)23-13-5-6-14-24(23)28/h3-8,10-14,16H,9,15,17-19H2,1-2H3. The zero-order valence-electron chi connectivity index (χ0n) is 19.0. The number of rotatable bonds is 6. The number of nitrogens with zero attached hydrogens (tertiary/aromatic N) is 3. The van der Waals surface area contributed by atoms with E-state index >= 15 is 0 Å². The minimum Gasteiger partial charge on any atom is -0.347 e. The van der Waals surface area contributed by atoms with Gasteiger partial charge >= 0.3 is 0 Å². The smallest absolute Gasteiger partial charge is 0.248 e. The van der Waals surface area contributed by atoms with Gasteiger partial charge in [0, 0.05) is 44.5 Å². The lowest BCUT2D eigenvalue weighted by atomic mass is 9.83. The van der Waals surface area contributed by atoms with Crippen LogP contribution in [0.25, 0.3) is 11.1 Å². The lowest BCUT2D eigenvalue weighted by Crippen LogP contribution is -2.58. The van der Waals surface area contributed by atoms with Crippen molar-refractivity contribution >= 4 is 11.8 Å². The van der Waals surface area contributed by atoms with E-state index in [-0.39, 0.29) is 24.1 Å². The van der Waals surface area contributed by atoms with Crippen molar-refractivity contribution in [2.75, 3.05) is 20.6 Å². The average Bonchev–Trinajstić information content (AvgIpc) is 3.25. The van der Waals surface area contributed by atoms with E-state index in [0.29, 0.717) is 30.6 Å². The van der Waals surface area contributed by atoms with Crippen molar-refractivity contribution in [2.24, 2.45) is 0 Å². The van der Waals surface area contributed by atoms with Gasteiger partial charge in [-0.1, -0.05) is 48.5 Å². The topological polar surface area (TPSA) is 53.5 Å². The number of carbonyl (C=O) groups is 2. The summed E-state index contributed by atoms with van der Waals surface area (Å²) in [5.41, 5.74) is 1.73. The molecule has 1 fully saturated rings. The number of pyridine rings is 1. The molecule has 6 heteroatoms. The second kappa shape index (κ2) is 9.53. The van der Waals surface area contributed by atoms with Crippen LogP contribution in [-0.2, 0) is 22.4 Å². The van der Waals surface area contributed by atoms with Crippen LogP contribution in [0, 0.1) is 5.82 Å². The van der Waals surface area contributed by atoms with E-state index in [0.717, 1.165) is 17.5 Å². The molecule has 1 unspecified atom stereocenters. The summed E-state index contributed by atoms with van der Waals surface area (Å²) in [5, 5.41) is 0. The predicted molar refractivity (Wildman–Crippen MR) is 126 cm³/mol. The number of hydrogen-bond acceptors (Lipinski definition) is 3. The predicted octanol–water partition coefficient (Wildman–Crippen LogP) is 4.12. The summed E-state index contributed by atoms with van der Waals surface area (Å²) in [4.78, 5) is 34.6. The first kappa shape index (κ1) is 22.6. The van der Waals surface area contributed by atoms with Crippen LogP contribution in [0.3, 0.4) is 0 Å². The molecule has 2 heterocycles. The van der Waals surface area contributed by atoms with Gasteiger partial charge in [0.2, 0.25) is 11.8 Å². The second-order valence-electron chi connectivity index (χ2n) is 8.69. The molecule has 1 saturated heterocycles. The number of halogens is 1. The molecule has 0 N–H and O–H groups in total. The summed E-state index contributed by atoms with van der Waals surface area (Å²) >= 11 is 0. The van der Waals surface area contributed by atoms with Crippen LogP contribution >= 0.6 is 0 Å². The Morgan fingerprint density at radius 2 is 1.70 bits per heavy atom. The van der Waals surface area contributed by atoms with Gasteiger partial charge in [-0.2, -0.15) is 0 Å². The Kier molecular flexibility index (Phi) is 6.54. The average molecular weight is 446 g/mol. The summed E-state index contributed by atoms with van der Waals surface area (Å²) in [6.07, 6.45) is 3.41. The molecule has 0 aliphatic carbocycles. The molecule has 0 bridgehead atoms. The van der Waals surface area contributed by atoms with Crippen molar-refractivity contribution in [1.29, 1.82) is 0 Å². The van der Waals surface area contributed by atoms with Gasteiger partial charge in [-0.3, -0.25) is 14.6 Å². The zero-order valence-corrected chi connectivity index (χ0v) is 19.0. The van der Waals surface area contributed by atoms with Crippen molar-refractivity contribution in [3.05, 3.63) is 90.0 Å². The monoisotopic (exact) mass is 445 g/mol. The molecule has 4 rings (SSSR count). The molecule has 3 aromatic rings. The van der Waals surface area contributed by atoms with Crippen molar-refractivity contribution in [3.63, 3.8) is 0 Å². The highest BCUT2D eigenvalue weighted by atomic mass is 19.1. The summed E-state index contributed by atoms with van der Waals surface area (Å²) in [6, 6.07) is 19.7. The van der Waals surface area contributed by atoms with Crippen molar-refractivity contribution < 1.29 is 14.0 Å². The van der Waals surface area contributed by atoms with E-state index in [1.54, 1.807) is 48.3 Å². The van der Waals surface area contributed by atoms with E-state index in [2.05, 4.69) is 4.98 Å². The van der Waals surface area contributed by atoms with Gasteiger partial charge in [0.15, 0.2) is 0 Å². The van der Waals surface area contributed by atoms with Gasteiger partial charge in [-0.05, 0) is 42.2 Å². The molecule has 1 aromatic heterocycles. The first-order chi connectivity index (χ1) is 15.9. The molecular weight excluding hydrogens is 417 g/mol. The molecule has 2 amide bonds. The Balaban J connectivity index is 1.74. The third-order valence-electron chi connectivity index (χ3n) is 6.32. The fraction of sp³-hybridized carbons (Fsp3) is 0.296. The molecule has 2 aromatic carbocycles. The molecule has 5 nitrogen and oxygen atoms in total. The third-order valence-corrected chi connectivity index (χ3v) is 6.32. The van der Waals surface area contributed by atoms with E-state index in [1.165, 1.54) is 6.07 Å². The van der Waals surface area contributed by atoms with Crippen LogP contribution in [0.2, 0.25) is 0 Å². The first-order valence-electron chi connectivity index (χ1n) is 11.2. The third kappa shape index (κ3) is 4.51. The molecule has 0 radical (unpaired) electrons. The minimum absolute atomic E-state index is 0.113. The highest BCUT2D eigenvalue weighted by molar-refractivity contribution is 5.93. The van der Waals surface area contributed by atoms with Crippen molar-refractivity contribution in [1.82, 2.24) is 14.8 Å². The SMILES string of the molecule is CN(C)C(=O)C1(Cc2ccccc2-c2ccccc2F)CCCN1C(=O)Cc1ccccn1. The molecule has 0 spiro atoms. The van der Waals surface area contributed by atoms with E-state index in [1.807, 2.05) is 42.5 Å². The summed E-state index contributed by atoms with van der Waals surface area (Å²) in [6.45, 7) is 0.507. The van der Waals surface area contributed by atoms with Gasteiger partial charge in [0.1, 0.15) is 11.4 Å². The Hall–Kier alpha value is -3.54. The van der Waals surface area contributed by atoms with Gasteiger partial charge in [0.05, 0.1) is 6.42 Å². The van der Waals surface area contributed by atoms with Gasteiger partial charge in [-0.25, -0.2) is 4.39 Å². The Morgan fingerprint density at radius 1 is 1.00 bits per heavy atom. The Labute approximate surface area is 193 Å². The van der Waals surface area contributed by atoms with Crippen LogP contribution in [0.1, 0.15) is 24.1 Å². The molecule has 0 saturated carbocycles. The Bertz CT molecular complexity index is 1150. The summed E-state index contributed by atoms with van der Waals surface area (Å²) < 4.78 is 14.7. The molecule has 170 valence electrons. The molecule has 33 heavy (non-hydrogen) atoms. The van der Waals surface area contributed by atoms with Gasteiger partial charge in [0.25, 0.3) is 0 Å². The van der Waals surface area contributed by atoms with Crippen LogP contribution in [-0.4, -0.2) is 52.8 Å². The summed E-state index contributed by atoms with van der Waals surface area (Å²) in [5.74, 6) is -0.546. The first-order valence-corrected chi connectivity index (χ1v) is 11.2. The van der Waals surface area contributed by atoms with Crippen molar-refractivity contribution in [2.45, 2.75) is 31.2 Å². The molecule has 1 aliphatic heterocycles. The highest BCUT2D eigenvalue weighted by Crippen LogP contribution is 2.38.